The number of ether oxygens (including phenoxy) is 2. The molecule has 0 bridgehead atoms. The van der Waals surface area contributed by atoms with E-state index in [4.69, 9.17) is 14.9 Å². The molecule has 1 heterocycles. The zero-order chi connectivity index (χ0) is 24.5. The topological polar surface area (TPSA) is 99.9 Å². The molecule has 34 heavy (non-hydrogen) atoms. The maximum Gasteiger partial charge on any atom is 0.314 e. The molecule has 2 N–H and O–H groups in total. The van der Waals surface area contributed by atoms with Crippen LogP contribution in [0.1, 0.15) is 66.6 Å². The molecule has 0 radical (unpaired) electrons. The van der Waals surface area contributed by atoms with Crippen LogP contribution in [-0.4, -0.2) is 47.4 Å². The SMILES string of the molecule is CCOc1cc2c(c(F)c1OCC)C(=N)N(CC(=O)c1cccc(C3(C(=O)O)CCCC3)c1)C2. The lowest BCUT2D eigenvalue weighted by molar-refractivity contribution is -0.143. The zero-order valence-electron chi connectivity index (χ0n) is 19.4. The number of benzene rings is 2. The number of carbonyl (C=O) groups excluding carboxylic acids is 1. The van der Waals surface area contributed by atoms with Crippen LogP contribution in [0, 0.1) is 11.2 Å². The summed E-state index contributed by atoms with van der Waals surface area (Å²) in [5, 5.41) is 18.4. The van der Waals surface area contributed by atoms with Gasteiger partial charge in [-0.3, -0.25) is 15.0 Å². The second kappa shape index (κ2) is 9.44. The number of carbonyl (C=O) groups is 2. The van der Waals surface area contributed by atoms with Gasteiger partial charge < -0.3 is 19.5 Å². The number of rotatable bonds is 9. The lowest BCUT2D eigenvalue weighted by atomic mass is 9.78. The van der Waals surface area contributed by atoms with Gasteiger partial charge in [-0.05, 0) is 49.9 Å². The van der Waals surface area contributed by atoms with Gasteiger partial charge in [-0.15, -0.1) is 0 Å². The van der Waals surface area contributed by atoms with Gasteiger partial charge in [0.25, 0.3) is 0 Å². The summed E-state index contributed by atoms with van der Waals surface area (Å²) in [6.07, 6.45) is 2.78. The van der Waals surface area contributed by atoms with Crippen molar-refractivity contribution in [3.8, 4) is 11.5 Å². The summed E-state index contributed by atoms with van der Waals surface area (Å²) >= 11 is 0. The number of Topliss-reactive ketones (excluding diaryl/α,β-unsaturated/α-hetero) is 1. The van der Waals surface area contributed by atoms with Crippen LogP contribution in [0.2, 0.25) is 0 Å². The van der Waals surface area contributed by atoms with Crippen molar-refractivity contribution in [3.63, 3.8) is 0 Å². The molecule has 0 spiro atoms. The van der Waals surface area contributed by atoms with Gasteiger partial charge in [0.1, 0.15) is 5.84 Å². The highest BCUT2D eigenvalue weighted by molar-refractivity contribution is 6.06. The molecule has 0 aromatic heterocycles. The van der Waals surface area contributed by atoms with Gasteiger partial charge in [0, 0.05) is 12.1 Å². The van der Waals surface area contributed by atoms with Crippen molar-refractivity contribution in [2.24, 2.45) is 0 Å². The molecule has 8 heteroatoms. The van der Waals surface area contributed by atoms with Crippen LogP contribution in [0.15, 0.2) is 30.3 Å². The Kier molecular flexibility index (Phi) is 6.59. The lowest BCUT2D eigenvalue weighted by Gasteiger charge is -2.25. The first-order chi connectivity index (χ1) is 16.3. The minimum Gasteiger partial charge on any atom is -0.490 e. The van der Waals surface area contributed by atoms with Gasteiger partial charge in [0.05, 0.1) is 30.7 Å². The van der Waals surface area contributed by atoms with Crippen molar-refractivity contribution in [1.29, 1.82) is 5.41 Å². The molecule has 1 aliphatic carbocycles. The van der Waals surface area contributed by atoms with E-state index in [9.17, 15) is 14.7 Å². The van der Waals surface area contributed by atoms with E-state index in [-0.39, 0.29) is 48.4 Å². The van der Waals surface area contributed by atoms with Crippen molar-refractivity contribution < 1.29 is 28.6 Å². The summed E-state index contributed by atoms with van der Waals surface area (Å²) in [6.45, 7) is 4.20. The summed E-state index contributed by atoms with van der Waals surface area (Å²) in [5.74, 6) is -1.60. The Labute approximate surface area is 198 Å². The molecule has 0 amide bonds. The van der Waals surface area contributed by atoms with Gasteiger partial charge in [-0.25, -0.2) is 4.39 Å². The summed E-state index contributed by atoms with van der Waals surface area (Å²) in [7, 11) is 0. The average Bonchev–Trinajstić information content (AvgIpc) is 3.43. The first-order valence-electron chi connectivity index (χ1n) is 11.6. The Morgan fingerprint density at radius 1 is 1.15 bits per heavy atom. The van der Waals surface area contributed by atoms with E-state index in [0.29, 0.717) is 36.1 Å². The minimum absolute atomic E-state index is 0.0238. The van der Waals surface area contributed by atoms with Crippen LogP contribution in [0.3, 0.4) is 0 Å². The monoisotopic (exact) mass is 468 g/mol. The number of amidine groups is 1. The highest BCUT2D eigenvalue weighted by Crippen LogP contribution is 2.42. The first kappa shape index (κ1) is 23.7. The predicted octanol–water partition coefficient (Wildman–Crippen LogP) is 4.54. The normalized spacial score (nSPS) is 16.4. The molecular formula is C26H29FN2O5. The third-order valence-corrected chi connectivity index (χ3v) is 6.71. The number of nitrogens with one attached hydrogen (secondary N) is 1. The number of nitrogens with zero attached hydrogens (tertiary/aromatic N) is 1. The van der Waals surface area contributed by atoms with E-state index in [1.165, 1.54) is 4.90 Å². The van der Waals surface area contributed by atoms with Crippen LogP contribution in [0.5, 0.6) is 11.5 Å². The van der Waals surface area contributed by atoms with Crippen molar-refractivity contribution in [1.82, 2.24) is 4.90 Å². The van der Waals surface area contributed by atoms with Gasteiger partial charge in [-0.1, -0.05) is 31.0 Å². The van der Waals surface area contributed by atoms with Crippen LogP contribution in [0.25, 0.3) is 0 Å². The van der Waals surface area contributed by atoms with Crippen LogP contribution in [-0.2, 0) is 16.8 Å². The molecule has 2 aliphatic rings. The minimum atomic E-state index is -0.957. The van der Waals surface area contributed by atoms with Crippen molar-refractivity contribution in [2.75, 3.05) is 19.8 Å². The quantitative estimate of drug-likeness (QED) is 0.524. The molecule has 0 saturated heterocycles. The second-order valence-corrected chi connectivity index (χ2v) is 8.72. The van der Waals surface area contributed by atoms with Crippen LogP contribution < -0.4 is 9.47 Å². The zero-order valence-corrected chi connectivity index (χ0v) is 19.4. The molecule has 0 atom stereocenters. The van der Waals surface area contributed by atoms with Gasteiger partial charge >= 0.3 is 5.97 Å². The Morgan fingerprint density at radius 3 is 2.50 bits per heavy atom. The smallest absolute Gasteiger partial charge is 0.314 e. The van der Waals surface area contributed by atoms with Crippen molar-refractivity contribution in [3.05, 3.63) is 58.4 Å². The van der Waals surface area contributed by atoms with Crippen molar-refractivity contribution >= 4 is 17.6 Å². The number of fused-ring (bicyclic) bond motifs is 1. The average molecular weight is 469 g/mol. The number of halogens is 1. The summed E-state index contributed by atoms with van der Waals surface area (Å²) in [6, 6.07) is 8.46. The fourth-order valence-electron chi connectivity index (χ4n) is 5.02. The third kappa shape index (κ3) is 4.02. The van der Waals surface area contributed by atoms with Gasteiger partial charge in [0.2, 0.25) is 0 Å². The van der Waals surface area contributed by atoms with Crippen LogP contribution in [0.4, 0.5) is 4.39 Å². The molecule has 0 unspecified atom stereocenters. The molecule has 2 aromatic carbocycles. The number of aliphatic carboxylic acids is 1. The van der Waals surface area contributed by atoms with E-state index in [1.54, 1.807) is 44.2 Å². The van der Waals surface area contributed by atoms with Crippen molar-refractivity contribution in [2.45, 2.75) is 51.5 Å². The van der Waals surface area contributed by atoms with Gasteiger partial charge in [-0.2, -0.15) is 0 Å². The highest BCUT2D eigenvalue weighted by Gasteiger charge is 2.43. The molecular weight excluding hydrogens is 439 g/mol. The molecule has 1 saturated carbocycles. The Morgan fingerprint density at radius 2 is 1.85 bits per heavy atom. The second-order valence-electron chi connectivity index (χ2n) is 8.72. The molecule has 4 rings (SSSR count). The summed E-state index contributed by atoms with van der Waals surface area (Å²) < 4.78 is 26.2. The van der Waals surface area contributed by atoms with E-state index >= 15 is 4.39 Å². The van der Waals surface area contributed by atoms with E-state index in [2.05, 4.69) is 0 Å². The first-order valence-corrected chi connectivity index (χ1v) is 11.6. The summed E-state index contributed by atoms with van der Waals surface area (Å²) in [4.78, 5) is 26.7. The fraction of sp³-hybridized carbons (Fsp3) is 0.423. The van der Waals surface area contributed by atoms with E-state index in [1.807, 2.05) is 0 Å². The number of carboxylic acid groups (broad SMARTS) is 1. The molecule has 2 aromatic rings. The molecule has 1 fully saturated rings. The Bertz CT molecular complexity index is 1140. The number of hydrogen-bond donors (Lipinski definition) is 2. The molecule has 180 valence electrons. The summed E-state index contributed by atoms with van der Waals surface area (Å²) in [5.41, 5.74) is 0.744. The maximum atomic E-state index is 15.3. The van der Waals surface area contributed by atoms with Gasteiger partial charge in [0.15, 0.2) is 23.1 Å². The maximum absolute atomic E-state index is 15.3. The van der Waals surface area contributed by atoms with E-state index < -0.39 is 17.2 Å². The lowest BCUT2D eigenvalue weighted by Crippen LogP contribution is -2.33. The molecule has 1 aliphatic heterocycles. The Hall–Kier alpha value is -3.42. The molecule has 7 nitrogen and oxygen atoms in total. The number of hydrogen-bond acceptors (Lipinski definition) is 5. The van der Waals surface area contributed by atoms with E-state index in [0.717, 1.165) is 12.8 Å². The predicted molar refractivity (Wildman–Crippen MR) is 125 cm³/mol. The number of ketones is 1. The Balaban J connectivity index is 1.58. The number of carboxylic acids is 1. The fourth-order valence-corrected chi connectivity index (χ4v) is 5.02. The standard InChI is InChI=1S/C26H29FN2O5/c1-3-33-20-13-17-14-29(24(28)21(17)22(27)23(20)34-4-2)15-19(30)16-8-7-9-18(12-16)26(25(31)32)10-5-6-11-26/h7-9,12-13,28H,3-6,10-11,14-15H2,1-2H3,(H,31,32). The highest BCUT2D eigenvalue weighted by atomic mass is 19.1. The third-order valence-electron chi connectivity index (χ3n) is 6.71. The van der Waals surface area contributed by atoms with Crippen LogP contribution >= 0.6 is 0 Å². The largest absolute Gasteiger partial charge is 0.490 e.